The van der Waals surface area contributed by atoms with Crippen molar-refractivity contribution in [3.05, 3.63) is 18.2 Å². The van der Waals surface area contributed by atoms with E-state index < -0.39 is 18.6 Å². The number of rotatable bonds is 5. The Hall–Kier alpha value is -1.50. The minimum Gasteiger partial charge on any atom is -0.480 e. The van der Waals surface area contributed by atoms with Crippen molar-refractivity contribution < 1.29 is 18.7 Å². The van der Waals surface area contributed by atoms with E-state index >= 15 is 0 Å². The lowest BCUT2D eigenvalue weighted by molar-refractivity contribution is -0.140. The van der Waals surface area contributed by atoms with Gasteiger partial charge in [-0.25, -0.2) is 10.3 Å². The Morgan fingerprint density at radius 3 is 2.86 bits per heavy atom. The third kappa shape index (κ3) is 3.09. The molecule has 14 heavy (non-hydrogen) atoms. The van der Waals surface area contributed by atoms with E-state index in [2.05, 4.69) is 9.97 Å². The fourth-order valence-electron chi connectivity index (χ4n) is 0.986. The van der Waals surface area contributed by atoms with Crippen LogP contribution in [-0.4, -0.2) is 33.6 Å². The molecule has 0 aliphatic heterocycles. The highest BCUT2D eigenvalue weighted by atomic mass is 19.3. The summed E-state index contributed by atoms with van der Waals surface area (Å²) in [6.45, 7) is -2.85. The molecule has 0 amide bonds. The maximum absolute atomic E-state index is 11.9. The molecule has 0 fully saturated rings. The summed E-state index contributed by atoms with van der Waals surface area (Å²) in [5.74, 6) is -1.32. The van der Waals surface area contributed by atoms with Gasteiger partial charge in [0.15, 0.2) is 0 Å². The number of alkyl halides is 2. The monoisotopic (exact) mass is 205 g/mol. The zero-order valence-electron chi connectivity index (χ0n) is 7.08. The lowest BCUT2D eigenvalue weighted by Gasteiger charge is -2.12. The van der Waals surface area contributed by atoms with Gasteiger partial charge in [-0.1, -0.05) is 0 Å². The summed E-state index contributed by atoms with van der Waals surface area (Å²) in [5, 5.41) is 10.2. The Labute approximate surface area is 78.2 Å². The molecule has 0 aromatic carbocycles. The molecule has 1 atom stereocenters. The number of imidazole rings is 1. The number of hydrogen-bond donors (Lipinski definition) is 3. The van der Waals surface area contributed by atoms with Crippen LogP contribution in [0.1, 0.15) is 5.69 Å². The Balaban J connectivity index is 2.56. The molecule has 0 spiro atoms. The summed E-state index contributed by atoms with van der Waals surface area (Å²) < 4.78 is 23.7. The lowest BCUT2D eigenvalue weighted by atomic mass is 10.2. The van der Waals surface area contributed by atoms with Crippen molar-refractivity contribution in [2.75, 3.05) is 0 Å². The van der Waals surface area contributed by atoms with Gasteiger partial charge < -0.3 is 10.1 Å². The van der Waals surface area contributed by atoms with E-state index in [0.29, 0.717) is 5.69 Å². The number of carboxylic acids is 1. The summed E-state index contributed by atoms with van der Waals surface area (Å²) in [7, 11) is 0. The average molecular weight is 205 g/mol. The summed E-state index contributed by atoms with van der Waals surface area (Å²) in [6.07, 6.45) is 2.69. The second-order valence-corrected chi connectivity index (χ2v) is 2.64. The number of nitrogens with one attached hydrogen (secondary N) is 2. The molecule has 3 N–H and O–H groups in total. The first kappa shape index (κ1) is 10.6. The highest BCUT2D eigenvalue weighted by Gasteiger charge is 2.21. The second-order valence-electron chi connectivity index (χ2n) is 2.64. The minimum absolute atomic E-state index is 0.0559. The molecule has 0 saturated heterocycles. The topological polar surface area (TPSA) is 78.0 Å². The largest absolute Gasteiger partial charge is 0.480 e. The molecule has 1 aromatic heterocycles. The fourth-order valence-corrected chi connectivity index (χ4v) is 0.986. The van der Waals surface area contributed by atoms with E-state index in [-0.39, 0.29) is 6.42 Å². The molecule has 1 aromatic rings. The predicted molar refractivity (Wildman–Crippen MR) is 42.9 cm³/mol. The smallest absolute Gasteiger partial charge is 0.321 e. The van der Waals surface area contributed by atoms with Crippen LogP contribution in [-0.2, 0) is 11.2 Å². The van der Waals surface area contributed by atoms with Crippen LogP contribution in [0.5, 0.6) is 0 Å². The van der Waals surface area contributed by atoms with Gasteiger partial charge in [-0.2, -0.15) is 8.78 Å². The zero-order chi connectivity index (χ0) is 10.6. The number of nitrogens with zero attached hydrogens (tertiary/aromatic N) is 1. The van der Waals surface area contributed by atoms with Crippen LogP contribution in [0, 0.1) is 0 Å². The molecule has 0 radical (unpaired) electrons. The summed E-state index contributed by atoms with van der Waals surface area (Å²) in [4.78, 5) is 16.8. The van der Waals surface area contributed by atoms with Crippen molar-refractivity contribution >= 4 is 5.97 Å². The highest BCUT2D eigenvalue weighted by Crippen LogP contribution is 2.01. The lowest BCUT2D eigenvalue weighted by Crippen LogP contribution is -2.41. The SMILES string of the molecule is O=C(O)[C@H](Cc1cnc[nH]1)NC(F)F. The Morgan fingerprint density at radius 1 is 1.71 bits per heavy atom. The van der Waals surface area contributed by atoms with Crippen molar-refractivity contribution in [2.45, 2.75) is 19.0 Å². The molecule has 78 valence electrons. The van der Waals surface area contributed by atoms with Gasteiger partial charge in [0.05, 0.1) is 6.33 Å². The van der Waals surface area contributed by atoms with Gasteiger partial charge >= 0.3 is 5.97 Å². The van der Waals surface area contributed by atoms with Crippen molar-refractivity contribution in [1.82, 2.24) is 15.3 Å². The van der Waals surface area contributed by atoms with Crippen molar-refractivity contribution in [3.8, 4) is 0 Å². The number of hydrogen-bond acceptors (Lipinski definition) is 3. The Bertz CT molecular complexity index is 289. The number of carbonyl (C=O) groups is 1. The van der Waals surface area contributed by atoms with Crippen molar-refractivity contribution in [3.63, 3.8) is 0 Å². The number of aromatic amines is 1. The van der Waals surface area contributed by atoms with Crippen molar-refractivity contribution in [2.24, 2.45) is 0 Å². The summed E-state index contributed by atoms with van der Waals surface area (Å²) in [6, 6.07) is -1.31. The van der Waals surface area contributed by atoms with Crippen LogP contribution >= 0.6 is 0 Å². The minimum atomic E-state index is -2.85. The van der Waals surface area contributed by atoms with Crippen LogP contribution < -0.4 is 5.32 Å². The van der Waals surface area contributed by atoms with Crippen molar-refractivity contribution in [1.29, 1.82) is 0 Å². The van der Waals surface area contributed by atoms with E-state index in [0.717, 1.165) is 0 Å². The van der Waals surface area contributed by atoms with E-state index in [1.165, 1.54) is 12.5 Å². The fraction of sp³-hybridized carbons (Fsp3) is 0.429. The molecular formula is C7H9F2N3O2. The van der Waals surface area contributed by atoms with Crippen LogP contribution in [0.2, 0.25) is 0 Å². The van der Waals surface area contributed by atoms with Crippen LogP contribution in [0.15, 0.2) is 12.5 Å². The molecular weight excluding hydrogens is 196 g/mol. The molecule has 0 bridgehead atoms. The quantitative estimate of drug-likeness (QED) is 0.601. The first-order chi connectivity index (χ1) is 6.59. The van der Waals surface area contributed by atoms with Gasteiger partial charge in [0.25, 0.3) is 6.55 Å². The molecule has 0 unspecified atom stereocenters. The van der Waals surface area contributed by atoms with E-state index in [9.17, 15) is 13.6 Å². The number of halogens is 2. The highest BCUT2D eigenvalue weighted by molar-refractivity contribution is 5.73. The summed E-state index contributed by atoms with van der Waals surface area (Å²) >= 11 is 0. The second kappa shape index (κ2) is 4.66. The number of aliphatic carboxylic acids is 1. The van der Waals surface area contributed by atoms with Gasteiger partial charge in [0, 0.05) is 18.3 Å². The molecule has 7 heteroatoms. The summed E-state index contributed by atoms with van der Waals surface area (Å²) in [5.41, 5.74) is 0.491. The third-order valence-electron chi connectivity index (χ3n) is 1.60. The van der Waals surface area contributed by atoms with E-state index in [1.807, 2.05) is 0 Å². The Kier molecular flexibility index (Phi) is 3.52. The molecule has 0 aliphatic rings. The maximum atomic E-state index is 11.9. The van der Waals surface area contributed by atoms with Gasteiger partial charge in [-0.15, -0.1) is 0 Å². The van der Waals surface area contributed by atoms with Gasteiger partial charge in [0.1, 0.15) is 6.04 Å². The molecule has 5 nitrogen and oxygen atoms in total. The average Bonchev–Trinajstić information content (AvgIpc) is 2.54. The van der Waals surface area contributed by atoms with Gasteiger partial charge in [0.2, 0.25) is 0 Å². The molecule has 1 heterocycles. The molecule has 0 aliphatic carbocycles. The first-order valence-electron chi connectivity index (χ1n) is 3.84. The van der Waals surface area contributed by atoms with E-state index in [1.54, 1.807) is 5.32 Å². The third-order valence-corrected chi connectivity index (χ3v) is 1.60. The molecule has 0 saturated carbocycles. The predicted octanol–water partition coefficient (Wildman–Crippen LogP) is 0.218. The van der Waals surface area contributed by atoms with Gasteiger partial charge in [-0.05, 0) is 0 Å². The number of H-pyrrole nitrogens is 1. The first-order valence-corrected chi connectivity index (χ1v) is 3.84. The standard InChI is InChI=1S/C7H9F2N3O2/c8-7(9)12-5(6(13)14)1-4-2-10-3-11-4/h2-3,5,7,12H,1H2,(H,10,11)(H,13,14)/t5-/m0/s1. The zero-order valence-corrected chi connectivity index (χ0v) is 7.08. The normalized spacial score (nSPS) is 13.1. The van der Waals surface area contributed by atoms with Gasteiger partial charge in [-0.3, -0.25) is 4.79 Å². The Morgan fingerprint density at radius 2 is 2.43 bits per heavy atom. The number of aromatic nitrogens is 2. The maximum Gasteiger partial charge on any atom is 0.321 e. The van der Waals surface area contributed by atoms with Crippen LogP contribution in [0.4, 0.5) is 8.78 Å². The van der Waals surface area contributed by atoms with Crippen LogP contribution in [0.25, 0.3) is 0 Å². The number of carboxylic acid groups (broad SMARTS) is 1. The van der Waals surface area contributed by atoms with E-state index in [4.69, 9.17) is 5.11 Å². The molecule has 1 rings (SSSR count). The van der Waals surface area contributed by atoms with Crippen LogP contribution in [0.3, 0.4) is 0 Å².